The number of carbonyl (C=O) groups excluding carboxylic acids is 2. The highest BCUT2D eigenvalue weighted by Gasteiger charge is 2.46. The highest BCUT2D eigenvalue weighted by atomic mass is 16.5. The average molecular weight is 474 g/mol. The van der Waals surface area contributed by atoms with Crippen LogP contribution in [0.3, 0.4) is 0 Å². The average Bonchev–Trinajstić information content (AvgIpc) is 3.38. The van der Waals surface area contributed by atoms with E-state index in [9.17, 15) is 19.5 Å². The Hall–Kier alpha value is -2.97. The second-order valence-corrected chi connectivity index (χ2v) is 10.1. The minimum absolute atomic E-state index is 0.0884. The SMILES string of the molecule is CCOC(=O)[C@@H]1CCCN(c2cccc(OC(C)(C)C(=O)N3C[C@H]4CN(C(=O)O)C[C@H]4C3)c2)C1. The van der Waals surface area contributed by atoms with Crippen LogP contribution in [0.4, 0.5) is 10.5 Å². The van der Waals surface area contributed by atoms with E-state index in [4.69, 9.17) is 9.47 Å². The fraction of sp³-hybridized carbons (Fsp3) is 0.640. The molecule has 0 bridgehead atoms. The van der Waals surface area contributed by atoms with Crippen LogP contribution in [0.15, 0.2) is 24.3 Å². The molecule has 1 aromatic rings. The molecular formula is C25H35N3O6. The van der Waals surface area contributed by atoms with Crippen molar-refractivity contribution in [3.63, 3.8) is 0 Å². The number of anilines is 1. The predicted octanol–water partition coefficient (Wildman–Crippen LogP) is 2.69. The zero-order valence-corrected chi connectivity index (χ0v) is 20.2. The summed E-state index contributed by atoms with van der Waals surface area (Å²) in [6.45, 7) is 9.30. The molecule has 34 heavy (non-hydrogen) atoms. The molecule has 4 rings (SSSR count). The first-order valence-electron chi connectivity index (χ1n) is 12.2. The summed E-state index contributed by atoms with van der Waals surface area (Å²) in [4.78, 5) is 42.2. The molecule has 0 unspecified atom stereocenters. The maximum absolute atomic E-state index is 13.3. The van der Waals surface area contributed by atoms with Crippen molar-refractivity contribution in [3.8, 4) is 5.75 Å². The quantitative estimate of drug-likeness (QED) is 0.634. The van der Waals surface area contributed by atoms with Crippen molar-refractivity contribution < 1.29 is 29.0 Å². The van der Waals surface area contributed by atoms with Gasteiger partial charge in [0.25, 0.3) is 5.91 Å². The maximum atomic E-state index is 13.3. The molecule has 3 fully saturated rings. The maximum Gasteiger partial charge on any atom is 0.407 e. The Morgan fingerprint density at radius 3 is 2.38 bits per heavy atom. The van der Waals surface area contributed by atoms with Crippen LogP contribution in [-0.2, 0) is 14.3 Å². The van der Waals surface area contributed by atoms with E-state index in [0.717, 1.165) is 25.1 Å². The molecule has 186 valence electrons. The van der Waals surface area contributed by atoms with Crippen LogP contribution in [0.1, 0.15) is 33.6 Å². The summed E-state index contributed by atoms with van der Waals surface area (Å²) in [6.07, 6.45) is 0.850. The summed E-state index contributed by atoms with van der Waals surface area (Å²) in [5.41, 5.74) is -0.0988. The summed E-state index contributed by atoms with van der Waals surface area (Å²) in [5.74, 6) is 0.604. The summed E-state index contributed by atoms with van der Waals surface area (Å²) in [5, 5.41) is 9.22. The number of nitrogens with zero attached hydrogens (tertiary/aromatic N) is 3. The van der Waals surface area contributed by atoms with Crippen molar-refractivity contribution in [1.82, 2.24) is 9.80 Å². The molecule has 0 aliphatic carbocycles. The van der Waals surface area contributed by atoms with Gasteiger partial charge in [-0.2, -0.15) is 0 Å². The molecule has 9 heteroatoms. The number of fused-ring (bicyclic) bond motifs is 1. The Balaban J connectivity index is 1.38. The lowest BCUT2D eigenvalue weighted by Gasteiger charge is -2.34. The highest BCUT2D eigenvalue weighted by molar-refractivity contribution is 5.85. The van der Waals surface area contributed by atoms with Gasteiger partial charge >= 0.3 is 12.1 Å². The Labute approximate surface area is 200 Å². The molecule has 3 heterocycles. The molecule has 0 radical (unpaired) electrons. The van der Waals surface area contributed by atoms with Gasteiger partial charge in [0.2, 0.25) is 0 Å². The van der Waals surface area contributed by atoms with E-state index < -0.39 is 11.7 Å². The van der Waals surface area contributed by atoms with Crippen LogP contribution >= 0.6 is 0 Å². The first-order chi connectivity index (χ1) is 16.2. The van der Waals surface area contributed by atoms with Gasteiger partial charge in [0.05, 0.1) is 12.5 Å². The Morgan fingerprint density at radius 2 is 1.74 bits per heavy atom. The highest BCUT2D eigenvalue weighted by Crippen LogP contribution is 2.34. The molecule has 2 amide bonds. The largest absolute Gasteiger partial charge is 0.478 e. The van der Waals surface area contributed by atoms with Crippen molar-refractivity contribution in [3.05, 3.63) is 24.3 Å². The lowest BCUT2D eigenvalue weighted by Crippen LogP contribution is -2.49. The Kier molecular flexibility index (Phi) is 6.91. The van der Waals surface area contributed by atoms with Crippen LogP contribution in [-0.4, -0.2) is 84.4 Å². The van der Waals surface area contributed by atoms with E-state index in [1.54, 1.807) is 13.8 Å². The fourth-order valence-electron chi connectivity index (χ4n) is 5.44. The number of carboxylic acid groups (broad SMARTS) is 1. The van der Waals surface area contributed by atoms with Crippen molar-refractivity contribution in [2.45, 2.75) is 39.2 Å². The Morgan fingerprint density at radius 1 is 1.06 bits per heavy atom. The van der Waals surface area contributed by atoms with Crippen LogP contribution in [0.5, 0.6) is 5.75 Å². The molecule has 1 N–H and O–H groups in total. The number of amides is 2. The number of esters is 1. The molecule has 1 aromatic carbocycles. The van der Waals surface area contributed by atoms with Gasteiger partial charge < -0.3 is 29.3 Å². The minimum Gasteiger partial charge on any atom is -0.478 e. The van der Waals surface area contributed by atoms with Crippen LogP contribution in [0.2, 0.25) is 0 Å². The Bertz CT molecular complexity index is 921. The van der Waals surface area contributed by atoms with E-state index in [1.807, 2.05) is 36.1 Å². The molecule has 0 spiro atoms. The summed E-state index contributed by atoms with van der Waals surface area (Å²) < 4.78 is 11.4. The zero-order valence-electron chi connectivity index (χ0n) is 20.2. The molecule has 3 atom stereocenters. The lowest BCUT2D eigenvalue weighted by atomic mass is 9.97. The molecule has 0 aromatic heterocycles. The third-order valence-corrected chi connectivity index (χ3v) is 7.16. The van der Waals surface area contributed by atoms with Gasteiger partial charge in [-0.15, -0.1) is 0 Å². The zero-order chi connectivity index (χ0) is 24.5. The van der Waals surface area contributed by atoms with Crippen LogP contribution in [0, 0.1) is 17.8 Å². The fourth-order valence-corrected chi connectivity index (χ4v) is 5.44. The van der Waals surface area contributed by atoms with Crippen LogP contribution < -0.4 is 9.64 Å². The van der Waals surface area contributed by atoms with Gasteiger partial charge in [-0.05, 0) is 45.7 Å². The van der Waals surface area contributed by atoms with E-state index in [2.05, 4.69) is 4.90 Å². The predicted molar refractivity (Wildman–Crippen MR) is 126 cm³/mol. The first-order valence-corrected chi connectivity index (χ1v) is 12.2. The number of hydrogen-bond acceptors (Lipinski definition) is 6. The first kappa shape index (κ1) is 24.2. The van der Waals surface area contributed by atoms with E-state index >= 15 is 0 Å². The van der Waals surface area contributed by atoms with E-state index in [1.165, 1.54) is 4.90 Å². The second-order valence-electron chi connectivity index (χ2n) is 10.1. The van der Waals surface area contributed by atoms with Crippen molar-refractivity contribution in [2.24, 2.45) is 17.8 Å². The van der Waals surface area contributed by atoms with Gasteiger partial charge in [-0.25, -0.2) is 4.79 Å². The minimum atomic E-state index is -1.06. The van der Waals surface area contributed by atoms with Gasteiger partial charge in [0.15, 0.2) is 5.60 Å². The molecule has 3 aliphatic rings. The number of benzene rings is 1. The number of carbonyl (C=O) groups is 3. The summed E-state index contributed by atoms with van der Waals surface area (Å²) in [6, 6.07) is 7.66. The molecule has 3 aliphatic heterocycles. The smallest absolute Gasteiger partial charge is 0.407 e. The van der Waals surface area contributed by atoms with E-state index in [-0.39, 0.29) is 29.6 Å². The molecule has 3 saturated heterocycles. The number of hydrogen-bond donors (Lipinski definition) is 1. The van der Waals surface area contributed by atoms with Gasteiger partial charge in [-0.1, -0.05) is 6.07 Å². The second kappa shape index (κ2) is 9.72. The lowest BCUT2D eigenvalue weighted by molar-refractivity contribution is -0.148. The normalized spacial score (nSPS) is 24.7. The topological polar surface area (TPSA) is 99.6 Å². The third kappa shape index (κ3) is 5.08. The molecular weight excluding hydrogens is 438 g/mol. The van der Waals surface area contributed by atoms with Gasteiger partial charge in [0.1, 0.15) is 5.75 Å². The molecule has 0 saturated carbocycles. The monoisotopic (exact) mass is 473 g/mol. The van der Waals surface area contributed by atoms with E-state index in [0.29, 0.717) is 45.1 Å². The van der Waals surface area contributed by atoms with Gasteiger partial charge in [0, 0.05) is 62.9 Å². The third-order valence-electron chi connectivity index (χ3n) is 7.16. The van der Waals surface area contributed by atoms with Crippen molar-refractivity contribution >= 4 is 23.7 Å². The summed E-state index contributed by atoms with van der Waals surface area (Å²) >= 11 is 0. The van der Waals surface area contributed by atoms with Crippen molar-refractivity contribution in [2.75, 3.05) is 50.8 Å². The number of ether oxygens (including phenoxy) is 2. The summed E-state index contributed by atoms with van der Waals surface area (Å²) in [7, 11) is 0. The molecule has 9 nitrogen and oxygen atoms in total. The number of likely N-dealkylation sites (tertiary alicyclic amines) is 2. The van der Waals surface area contributed by atoms with Gasteiger partial charge in [-0.3, -0.25) is 9.59 Å². The van der Waals surface area contributed by atoms with Crippen molar-refractivity contribution in [1.29, 1.82) is 0 Å². The van der Waals surface area contributed by atoms with Crippen LogP contribution in [0.25, 0.3) is 0 Å². The standard InChI is InChI=1S/C25H35N3O6/c1-4-33-22(29)17-7-6-10-26(12-17)20-8-5-9-21(11-20)34-25(2,3)23(30)27-13-18-15-28(24(31)32)16-19(18)14-27/h5,8-9,11,17-19H,4,6-7,10,12-16H2,1-3H3,(H,31,32)/t17-,18-,19+/m1/s1. The number of piperidine rings is 1. The number of rotatable bonds is 6.